The van der Waals surface area contributed by atoms with Gasteiger partial charge < -0.3 is 9.84 Å². The van der Waals surface area contributed by atoms with Gasteiger partial charge in [0.2, 0.25) is 0 Å². The SMILES string of the molecule is Cc1cccc(CNc2ccc(NS(=O)(=O)c3c(C)noc3C)cn2)c1. The number of hydrogen-bond donors (Lipinski definition) is 2. The minimum atomic E-state index is -3.77. The van der Waals surface area contributed by atoms with Gasteiger partial charge in [0.15, 0.2) is 10.7 Å². The van der Waals surface area contributed by atoms with E-state index in [1.54, 1.807) is 26.0 Å². The molecule has 2 aromatic heterocycles. The van der Waals surface area contributed by atoms with E-state index in [2.05, 4.69) is 26.2 Å². The molecule has 2 heterocycles. The Kier molecular flexibility index (Phi) is 4.94. The summed E-state index contributed by atoms with van der Waals surface area (Å²) in [6.45, 7) is 5.83. The van der Waals surface area contributed by atoms with Crippen molar-refractivity contribution >= 4 is 21.5 Å². The van der Waals surface area contributed by atoms with Gasteiger partial charge in [-0.1, -0.05) is 35.0 Å². The molecule has 0 spiro atoms. The summed E-state index contributed by atoms with van der Waals surface area (Å²) in [5.41, 5.74) is 3.03. The number of sulfonamides is 1. The highest BCUT2D eigenvalue weighted by Crippen LogP contribution is 2.22. The fourth-order valence-electron chi connectivity index (χ4n) is 2.64. The van der Waals surface area contributed by atoms with Crippen molar-refractivity contribution in [2.45, 2.75) is 32.2 Å². The van der Waals surface area contributed by atoms with E-state index < -0.39 is 10.0 Å². The second kappa shape index (κ2) is 7.17. The molecule has 0 fully saturated rings. The highest BCUT2D eigenvalue weighted by Gasteiger charge is 2.24. The van der Waals surface area contributed by atoms with Gasteiger partial charge in [0.1, 0.15) is 11.5 Å². The van der Waals surface area contributed by atoms with E-state index in [1.807, 2.05) is 25.1 Å². The van der Waals surface area contributed by atoms with E-state index in [0.717, 1.165) is 5.56 Å². The number of rotatable bonds is 6. The molecular formula is C18H20N4O3S. The first-order valence-electron chi connectivity index (χ1n) is 8.06. The molecule has 0 amide bonds. The van der Waals surface area contributed by atoms with Crippen LogP contribution in [0.3, 0.4) is 0 Å². The maximum atomic E-state index is 12.5. The molecule has 0 aliphatic rings. The van der Waals surface area contributed by atoms with E-state index in [4.69, 9.17) is 4.52 Å². The minimum absolute atomic E-state index is 0.0548. The molecule has 1 aromatic carbocycles. The largest absolute Gasteiger partial charge is 0.366 e. The van der Waals surface area contributed by atoms with Crippen molar-refractivity contribution in [2.75, 3.05) is 10.0 Å². The first kappa shape index (κ1) is 17.9. The van der Waals surface area contributed by atoms with E-state index >= 15 is 0 Å². The van der Waals surface area contributed by atoms with Crippen LogP contribution in [0, 0.1) is 20.8 Å². The Balaban J connectivity index is 1.68. The highest BCUT2D eigenvalue weighted by atomic mass is 32.2. The van der Waals surface area contributed by atoms with Gasteiger partial charge in [-0.05, 0) is 38.5 Å². The van der Waals surface area contributed by atoms with Gasteiger partial charge in [0.25, 0.3) is 10.0 Å². The molecule has 3 rings (SSSR count). The van der Waals surface area contributed by atoms with Gasteiger partial charge in [0, 0.05) is 6.54 Å². The number of pyridine rings is 1. The minimum Gasteiger partial charge on any atom is -0.366 e. The average molecular weight is 372 g/mol. The first-order valence-corrected chi connectivity index (χ1v) is 9.54. The zero-order valence-corrected chi connectivity index (χ0v) is 15.6. The molecule has 0 aliphatic carbocycles. The van der Waals surface area contributed by atoms with Crippen LogP contribution in [0.4, 0.5) is 11.5 Å². The molecule has 0 unspecified atom stereocenters. The predicted molar refractivity (Wildman–Crippen MR) is 99.5 cm³/mol. The zero-order chi connectivity index (χ0) is 18.7. The van der Waals surface area contributed by atoms with E-state index in [1.165, 1.54) is 11.8 Å². The van der Waals surface area contributed by atoms with Gasteiger partial charge in [-0.25, -0.2) is 13.4 Å². The Hall–Kier alpha value is -2.87. The second-order valence-corrected chi connectivity index (χ2v) is 7.65. The molecule has 136 valence electrons. The second-order valence-electron chi connectivity index (χ2n) is 6.03. The highest BCUT2D eigenvalue weighted by molar-refractivity contribution is 7.92. The van der Waals surface area contributed by atoms with Crippen LogP contribution in [-0.4, -0.2) is 18.6 Å². The maximum absolute atomic E-state index is 12.5. The standard InChI is InChI=1S/C18H20N4O3S/c1-12-5-4-6-15(9-12)10-19-17-8-7-16(11-20-17)22-26(23,24)18-13(2)21-25-14(18)3/h4-9,11,22H,10H2,1-3H3,(H,19,20). The van der Waals surface area contributed by atoms with Crippen LogP contribution < -0.4 is 10.0 Å². The van der Waals surface area contributed by atoms with Crippen LogP contribution in [0.1, 0.15) is 22.6 Å². The number of anilines is 2. The van der Waals surface area contributed by atoms with Crippen molar-refractivity contribution < 1.29 is 12.9 Å². The number of nitrogens with zero attached hydrogens (tertiary/aromatic N) is 2. The summed E-state index contributed by atoms with van der Waals surface area (Å²) in [5, 5.41) is 6.89. The number of hydrogen-bond acceptors (Lipinski definition) is 6. The van der Waals surface area contributed by atoms with Crippen LogP contribution in [0.15, 0.2) is 52.0 Å². The molecule has 3 aromatic rings. The van der Waals surface area contributed by atoms with Crippen LogP contribution in [0.5, 0.6) is 0 Å². The molecule has 0 saturated heterocycles. The molecule has 0 saturated carbocycles. The topological polar surface area (TPSA) is 97.1 Å². The van der Waals surface area contributed by atoms with Crippen molar-refractivity contribution in [1.82, 2.24) is 10.1 Å². The molecule has 0 atom stereocenters. The van der Waals surface area contributed by atoms with Crippen molar-refractivity contribution in [1.29, 1.82) is 0 Å². The lowest BCUT2D eigenvalue weighted by atomic mass is 10.1. The van der Waals surface area contributed by atoms with Gasteiger partial charge in [-0.2, -0.15) is 0 Å². The van der Waals surface area contributed by atoms with Crippen LogP contribution >= 0.6 is 0 Å². The number of aryl methyl sites for hydroxylation is 3. The molecule has 0 aliphatic heterocycles. The third-order valence-corrected chi connectivity index (χ3v) is 5.43. The third-order valence-electron chi connectivity index (χ3n) is 3.81. The third kappa shape index (κ3) is 4.02. The number of aromatic nitrogens is 2. The molecular weight excluding hydrogens is 352 g/mol. The lowest BCUT2D eigenvalue weighted by Crippen LogP contribution is -2.14. The van der Waals surface area contributed by atoms with E-state index in [-0.39, 0.29) is 10.7 Å². The molecule has 0 bridgehead atoms. The molecule has 26 heavy (non-hydrogen) atoms. The Morgan fingerprint density at radius 2 is 1.92 bits per heavy atom. The number of nitrogens with one attached hydrogen (secondary N) is 2. The normalized spacial score (nSPS) is 11.3. The summed E-state index contributed by atoms with van der Waals surface area (Å²) in [5.74, 6) is 0.909. The lowest BCUT2D eigenvalue weighted by molar-refractivity contribution is 0.390. The lowest BCUT2D eigenvalue weighted by Gasteiger charge is -2.09. The first-order chi connectivity index (χ1) is 12.3. The van der Waals surface area contributed by atoms with Crippen molar-refractivity contribution in [3.63, 3.8) is 0 Å². The van der Waals surface area contributed by atoms with Gasteiger partial charge in [-0.15, -0.1) is 0 Å². The fourth-order valence-corrected chi connectivity index (χ4v) is 4.01. The fraction of sp³-hybridized carbons (Fsp3) is 0.222. The summed E-state index contributed by atoms with van der Waals surface area (Å²) < 4.78 is 32.4. The predicted octanol–water partition coefficient (Wildman–Crippen LogP) is 3.41. The zero-order valence-electron chi connectivity index (χ0n) is 14.8. The summed E-state index contributed by atoms with van der Waals surface area (Å²) in [6, 6.07) is 11.6. The van der Waals surface area contributed by atoms with E-state index in [0.29, 0.717) is 23.7 Å². The Bertz CT molecular complexity index is 992. The Morgan fingerprint density at radius 1 is 1.12 bits per heavy atom. The van der Waals surface area contributed by atoms with Crippen molar-refractivity contribution in [3.8, 4) is 0 Å². The monoisotopic (exact) mass is 372 g/mol. The average Bonchev–Trinajstić information content (AvgIpc) is 2.93. The summed E-state index contributed by atoms with van der Waals surface area (Å²) in [4.78, 5) is 4.30. The van der Waals surface area contributed by atoms with Crippen LogP contribution in [0.2, 0.25) is 0 Å². The molecule has 0 radical (unpaired) electrons. The van der Waals surface area contributed by atoms with Crippen molar-refractivity contribution in [3.05, 3.63) is 65.2 Å². The van der Waals surface area contributed by atoms with Crippen molar-refractivity contribution in [2.24, 2.45) is 0 Å². The van der Waals surface area contributed by atoms with Crippen LogP contribution in [-0.2, 0) is 16.6 Å². The Labute approximate surface area is 152 Å². The summed E-state index contributed by atoms with van der Waals surface area (Å²) >= 11 is 0. The van der Waals surface area contributed by atoms with Gasteiger partial charge >= 0.3 is 0 Å². The van der Waals surface area contributed by atoms with Gasteiger partial charge in [-0.3, -0.25) is 4.72 Å². The number of benzene rings is 1. The smallest absolute Gasteiger partial charge is 0.267 e. The van der Waals surface area contributed by atoms with Crippen LogP contribution in [0.25, 0.3) is 0 Å². The molecule has 2 N–H and O–H groups in total. The quantitative estimate of drug-likeness (QED) is 0.688. The summed E-state index contributed by atoms with van der Waals surface area (Å²) in [7, 11) is -3.77. The summed E-state index contributed by atoms with van der Waals surface area (Å²) in [6.07, 6.45) is 1.47. The maximum Gasteiger partial charge on any atom is 0.267 e. The molecule has 8 heteroatoms. The molecule has 7 nitrogen and oxygen atoms in total. The van der Waals surface area contributed by atoms with E-state index in [9.17, 15) is 8.42 Å². The van der Waals surface area contributed by atoms with Gasteiger partial charge in [0.05, 0.1) is 11.9 Å². The Morgan fingerprint density at radius 3 is 2.54 bits per heavy atom.